The van der Waals surface area contributed by atoms with Gasteiger partial charge < -0.3 is 29.8 Å². The summed E-state index contributed by atoms with van der Waals surface area (Å²) in [7, 11) is 2.96. The van der Waals surface area contributed by atoms with Gasteiger partial charge in [-0.3, -0.25) is 14.5 Å². The number of carbonyl (C=O) groups is 3. The molecule has 4 heterocycles. The molecule has 0 radical (unpaired) electrons. The summed E-state index contributed by atoms with van der Waals surface area (Å²) in [6.45, 7) is 4.51. The Balaban J connectivity index is 0.919. The highest BCUT2D eigenvalue weighted by molar-refractivity contribution is 5.87. The van der Waals surface area contributed by atoms with Crippen LogP contribution < -0.4 is 5.32 Å². The van der Waals surface area contributed by atoms with Gasteiger partial charge in [-0.05, 0) is 79.1 Å². The van der Waals surface area contributed by atoms with Gasteiger partial charge in [0, 0.05) is 13.6 Å². The van der Waals surface area contributed by atoms with Gasteiger partial charge in [-0.1, -0.05) is 116 Å². The number of hydrogen-bond acceptors (Lipinski definition) is 7. The maximum absolute atomic E-state index is 14.4. The quantitative estimate of drug-likeness (QED) is 0.113. The molecule has 3 amide bonds. The zero-order valence-electron chi connectivity index (χ0n) is 34.4. The van der Waals surface area contributed by atoms with Gasteiger partial charge in [0.2, 0.25) is 11.8 Å². The lowest BCUT2D eigenvalue weighted by Gasteiger charge is -2.37. The van der Waals surface area contributed by atoms with E-state index in [-0.39, 0.29) is 23.9 Å². The first kappa shape index (κ1) is 40.3. The number of H-pyrrole nitrogens is 2. The van der Waals surface area contributed by atoms with Crippen molar-refractivity contribution in [1.82, 2.24) is 40.0 Å². The number of aromatic amines is 2. The molecule has 0 spiro atoms. The molecule has 2 fully saturated rings. The highest BCUT2D eigenvalue weighted by Crippen LogP contribution is 2.37. The lowest BCUT2D eigenvalue weighted by Crippen LogP contribution is -2.44. The second kappa shape index (κ2) is 18.2. The molecule has 2 aliphatic heterocycles. The molecule has 60 heavy (non-hydrogen) atoms. The summed E-state index contributed by atoms with van der Waals surface area (Å²) in [5.74, 6) is 1.33. The highest BCUT2D eigenvalue weighted by atomic mass is 16.5. The van der Waals surface area contributed by atoms with Crippen molar-refractivity contribution in [2.24, 2.45) is 0 Å². The smallest absolute Gasteiger partial charge is 0.407 e. The maximum atomic E-state index is 14.4. The minimum atomic E-state index is -0.915. The third kappa shape index (κ3) is 8.60. The summed E-state index contributed by atoms with van der Waals surface area (Å²) in [4.78, 5) is 62.5. The predicted octanol–water partition coefficient (Wildman–Crippen LogP) is 8.64. The molecule has 0 bridgehead atoms. The van der Waals surface area contributed by atoms with Crippen LogP contribution in [0.3, 0.4) is 0 Å². The zero-order valence-corrected chi connectivity index (χ0v) is 34.4. The second-order valence-corrected chi connectivity index (χ2v) is 15.7. The van der Waals surface area contributed by atoms with E-state index < -0.39 is 18.2 Å². The first-order chi connectivity index (χ1) is 29.3. The standard InChI is InChI=1S/C48H52N8O4/c1-32(54(2)46(57)42(53-48(59)60-3)37-14-7-4-8-15-37)44-49-30-39(51-44)35-23-19-33(20-24-35)34-21-25-36(26-22-34)40-31-50-45(52-40)41-18-13-29-56(41)47(58)43(38-16-9-5-10-17-38)55-27-11-6-12-28-55/h4-5,7-10,14-17,19-26,30-32,41-43H,6,11-13,18,27-29H2,1-3H3,(H,49,51)(H,50,52)(H,53,59)/t32-,41-,42+,43+/m0/s1. The normalized spacial score (nSPS) is 17.1. The number of rotatable bonds is 12. The minimum Gasteiger partial charge on any atom is -0.453 e. The topological polar surface area (TPSA) is 140 Å². The van der Waals surface area contributed by atoms with Gasteiger partial charge in [0.25, 0.3) is 0 Å². The average Bonchev–Trinajstić information content (AvgIpc) is 4.11. The van der Waals surface area contributed by atoms with E-state index in [0.717, 1.165) is 90.3 Å². The molecular weight excluding hydrogens is 753 g/mol. The highest BCUT2D eigenvalue weighted by Gasteiger charge is 2.39. The number of nitrogens with one attached hydrogen (secondary N) is 3. The lowest BCUT2D eigenvalue weighted by atomic mass is 10.00. The SMILES string of the molecule is COC(=O)N[C@@H](C(=O)N(C)[C@@H](C)c1ncc(-c2ccc(-c3ccc(-c4cnc([C@@H]5CCCN5C(=O)[C@@H](c5ccccc5)N5CCCCC5)[nH]4)cc3)cc2)[nH]1)c1ccccc1. The Bertz CT molecular complexity index is 2370. The molecule has 3 N–H and O–H groups in total. The Morgan fingerprint density at radius 2 is 1.28 bits per heavy atom. The van der Waals surface area contributed by atoms with Crippen molar-refractivity contribution in [2.45, 2.75) is 63.2 Å². The van der Waals surface area contributed by atoms with Gasteiger partial charge in [0.05, 0.1) is 43.0 Å². The Kier molecular flexibility index (Phi) is 12.2. The van der Waals surface area contributed by atoms with Gasteiger partial charge in [-0.25, -0.2) is 14.8 Å². The number of aromatic nitrogens is 4. The number of benzene rings is 4. The molecule has 308 valence electrons. The fraction of sp³-hybridized carbons (Fsp3) is 0.312. The van der Waals surface area contributed by atoms with Crippen LogP contribution in [-0.4, -0.2) is 86.3 Å². The van der Waals surface area contributed by atoms with Crippen LogP contribution >= 0.6 is 0 Å². The Morgan fingerprint density at radius 3 is 1.90 bits per heavy atom. The van der Waals surface area contributed by atoms with E-state index in [1.807, 2.05) is 49.5 Å². The molecule has 12 heteroatoms. The third-order valence-corrected chi connectivity index (χ3v) is 12.0. The van der Waals surface area contributed by atoms with Gasteiger partial charge >= 0.3 is 6.09 Å². The molecule has 4 atom stereocenters. The molecule has 2 aliphatic rings. The van der Waals surface area contributed by atoms with Crippen LogP contribution in [-0.2, 0) is 14.3 Å². The van der Waals surface area contributed by atoms with Crippen LogP contribution in [0, 0.1) is 0 Å². The first-order valence-corrected chi connectivity index (χ1v) is 20.9. The van der Waals surface area contributed by atoms with Crippen molar-refractivity contribution in [2.75, 3.05) is 33.8 Å². The van der Waals surface area contributed by atoms with Crippen LogP contribution in [0.5, 0.6) is 0 Å². The van der Waals surface area contributed by atoms with Crippen molar-refractivity contribution < 1.29 is 19.1 Å². The van der Waals surface area contributed by atoms with Gasteiger partial charge in [0.1, 0.15) is 23.7 Å². The Morgan fingerprint density at radius 1 is 0.717 bits per heavy atom. The van der Waals surface area contributed by atoms with Crippen LogP contribution in [0.25, 0.3) is 33.6 Å². The number of ether oxygens (including phenoxy) is 1. The molecule has 12 nitrogen and oxygen atoms in total. The van der Waals surface area contributed by atoms with Gasteiger partial charge in [0.15, 0.2) is 0 Å². The van der Waals surface area contributed by atoms with Crippen LogP contribution in [0.1, 0.15) is 86.0 Å². The first-order valence-electron chi connectivity index (χ1n) is 20.9. The number of methoxy groups -OCH3 is 1. The summed E-state index contributed by atoms with van der Waals surface area (Å²) in [5.41, 5.74) is 7.60. The Hall–Kier alpha value is -6.53. The molecule has 2 saturated heterocycles. The van der Waals surface area contributed by atoms with Crippen molar-refractivity contribution in [3.8, 4) is 33.6 Å². The van der Waals surface area contributed by atoms with Crippen LogP contribution in [0.2, 0.25) is 0 Å². The maximum Gasteiger partial charge on any atom is 0.407 e. The van der Waals surface area contributed by atoms with Crippen molar-refractivity contribution in [3.05, 3.63) is 144 Å². The molecule has 4 aromatic carbocycles. The summed E-state index contributed by atoms with van der Waals surface area (Å²) in [6.07, 6.45) is 8.27. The summed E-state index contributed by atoms with van der Waals surface area (Å²) in [5, 5.41) is 2.66. The largest absolute Gasteiger partial charge is 0.453 e. The number of piperidine rings is 1. The van der Waals surface area contributed by atoms with E-state index >= 15 is 0 Å². The predicted molar refractivity (Wildman–Crippen MR) is 231 cm³/mol. The van der Waals surface area contributed by atoms with E-state index in [0.29, 0.717) is 11.4 Å². The van der Waals surface area contributed by atoms with E-state index in [1.54, 1.807) is 30.3 Å². The minimum absolute atomic E-state index is 0.0834. The number of likely N-dealkylation sites (tertiary alicyclic amines) is 2. The molecule has 0 aliphatic carbocycles. The van der Waals surface area contributed by atoms with E-state index in [2.05, 4.69) is 90.7 Å². The van der Waals surface area contributed by atoms with Gasteiger partial charge in [-0.15, -0.1) is 0 Å². The monoisotopic (exact) mass is 804 g/mol. The number of hydrogen-bond donors (Lipinski definition) is 3. The number of likely N-dealkylation sites (N-methyl/N-ethyl adjacent to an activating group) is 1. The number of amides is 3. The van der Waals surface area contributed by atoms with Crippen LogP contribution in [0.15, 0.2) is 122 Å². The third-order valence-electron chi connectivity index (χ3n) is 12.0. The second-order valence-electron chi connectivity index (χ2n) is 15.7. The summed E-state index contributed by atoms with van der Waals surface area (Å²) in [6, 6.07) is 34.3. The van der Waals surface area contributed by atoms with Crippen LogP contribution in [0.4, 0.5) is 4.79 Å². The van der Waals surface area contributed by atoms with E-state index in [9.17, 15) is 14.4 Å². The number of carbonyl (C=O) groups excluding carboxylic acids is 3. The Labute approximate surface area is 351 Å². The summed E-state index contributed by atoms with van der Waals surface area (Å²) < 4.78 is 4.79. The zero-order chi connectivity index (χ0) is 41.6. The number of alkyl carbamates (subject to hydrolysis) is 1. The van der Waals surface area contributed by atoms with Crippen molar-refractivity contribution >= 4 is 17.9 Å². The van der Waals surface area contributed by atoms with Crippen molar-refractivity contribution in [1.29, 1.82) is 0 Å². The molecular formula is C48H52N8O4. The summed E-state index contributed by atoms with van der Waals surface area (Å²) >= 11 is 0. The van der Waals surface area contributed by atoms with Crippen molar-refractivity contribution in [3.63, 3.8) is 0 Å². The molecule has 0 unspecified atom stereocenters. The number of nitrogens with zero attached hydrogens (tertiary/aromatic N) is 5. The molecule has 2 aromatic heterocycles. The fourth-order valence-electron chi connectivity index (χ4n) is 8.51. The molecule has 0 saturated carbocycles. The number of imidazole rings is 2. The molecule has 8 rings (SSSR count). The average molecular weight is 805 g/mol. The molecule has 6 aromatic rings. The van der Waals surface area contributed by atoms with E-state index in [4.69, 9.17) is 9.72 Å². The lowest BCUT2D eigenvalue weighted by molar-refractivity contribution is -0.139. The van der Waals surface area contributed by atoms with Gasteiger partial charge in [-0.2, -0.15) is 0 Å². The fourth-order valence-corrected chi connectivity index (χ4v) is 8.51. The van der Waals surface area contributed by atoms with E-state index in [1.165, 1.54) is 13.5 Å².